The van der Waals surface area contributed by atoms with Crippen LogP contribution in [0.2, 0.25) is 0 Å². The van der Waals surface area contributed by atoms with E-state index in [1.807, 2.05) is 7.05 Å². The van der Waals surface area contributed by atoms with E-state index in [1.54, 1.807) is 0 Å². The van der Waals surface area contributed by atoms with Crippen LogP contribution in [0.1, 0.15) is 19.3 Å². The Morgan fingerprint density at radius 2 is 1.96 bits per heavy atom. The van der Waals surface area contributed by atoms with Crippen molar-refractivity contribution >= 4 is 51.6 Å². The third-order valence-corrected chi connectivity index (χ3v) is 5.75. The molecule has 0 spiro atoms. The minimum absolute atomic E-state index is 0. The van der Waals surface area contributed by atoms with Crippen molar-refractivity contribution in [2.75, 3.05) is 51.7 Å². The molecule has 146 valence electrons. The predicted octanol–water partition coefficient (Wildman–Crippen LogP) is 3.15. The van der Waals surface area contributed by atoms with Gasteiger partial charge in [0.25, 0.3) is 0 Å². The number of hydrogen-bond donors (Lipinski definition) is 2. The molecule has 2 heterocycles. The summed E-state index contributed by atoms with van der Waals surface area (Å²) in [7, 11) is 4.08. The fourth-order valence-electron chi connectivity index (χ4n) is 3.83. The van der Waals surface area contributed by atoms with Crippen molar-refractivity contribution in [1.29, 1.82) is 0 Å². The topological polar surface area (TPSA) is 42.9 Å². The SMILES string of the molecule is CN=C(NCC1CCCN(C)C1)NC1CCN(c2ccc(Br)cc2)C1.I. The molecular weight excluding hydrogens is 505 g/mol. The number of nitrogens with one attached hydrogen (secondary N) is 2. The Kier molecular flexibility index (Phi) is 8.96. The molecule has 26 heavy (non-hydrogen) atoms. The molecule has 2 unspecified atom stereocenters. The summed E-state index contributed by atoms with van der Waals surface area (Å²) in [4.78, 5) is 9.29. The third-order valence-electron chi connectivity index (χ3n) is 5.22. The lowest BCUT2D eigenvalue weighted by atomic mass is 9.99. The van der Waals surface area contributed by atoms with E-state index in [2.05, 4.69) is 72.7 Å². The van der Waals surface area contributed by atoms with Gasteiger partial charge in [-0.05, 0) is 63.0 Å². The third kappa shape index (κ3) is 6.27. The second-order valence-corrected chi connectivity index (χ2v) is 8.19. The van der Waals surface area contributed by atoms with E-state index in [9.17, 15) is 0 Å². The van der Waals surface area contributed by atoms with Crippen LogP contribution in [0.3, 0.4) is 0 Å². The molecule has 2 atom stereocenters. The second kappa shape index (κ2) is 10.7. The van der Waals surface area contributed by atoms with Gasteiger partial charge in [0, 0.05) is 49.4 Å². The molecule has 2 saturated heterocycles. The van der Waals surface area contributed by atoms with Gasteiger partial charge in [0.05, 0.1) is 0 Å². The van der Waals surface area contributed by atoms with Crippen LogP contribution in [0.5, 0.6) is 0 Å². The van der Waals surface area contributed by atoms with E-state index in [0.29, 0.717) is 6.04 Å². The highest BCUT2D eigenvalue weighted by Gasteiger charge is 2.24. The number of rotatable bonds is 4. The van der Waals surface area contributed by atoms with Gasteiger partial charge in [0.15, 0.2) is 5.96 Å². The van der Waals surface area contributed by atoms with Crippen LogP contribution < -0.4 is 15.5 Å². The summed E-state index contributed by atoms with van der Waals surface area (Å²) < 4.78 is 1.13. The Balaban J connectivity index is 0.00000243. The summed E-state index contributed by atoms with van der Waals surface area (Å²) >= 11 is 3.50. The molecule has 0 aliphatic carbocycles. The minimum Gasteiger partial charge on any atom is -0.369 e. The van der Waals surface area contributed by atoms with Crippen LogP contribution in [-0.4, -0.2) is 63.7 Å². The standard InChI is InChI=1S/C19H30BrN5.HI/c1-21-19(22-12-15-4-3-10-24(2)13-15)23-17-9-11-25(14-17)18-7-5-16(20)6-8-18;/h5-8,15,17H,3-4,9-14H2,1-2H3,(H2,21,22,23);1H. The molecule has 3 rings (SSSR count). The van der Waals surface area contributed by atoms with Crippen LogP contribution in [0.15, 0.2) is 33.7 Å². The fourth-order valence-corrected chi connectivity index (χ4v) is 4.10. The predicted molar refractivity (Wildman–Crippen MR) is 125 cm³/mol. The fraction of sp³-hybridized carbons (Fsp3) is 0.632. The van der Waals surface area contributed by atoms with Gasteiger partial charge in [-0.1, -0.05) is 15.9 Å². The lowest BCUT2D eigenvalue weighted by Crippen LogP contribution is -2.47. The van der Waals surface area contributed by atoms with Gasteiger partial charge in [0.1, 0.15) is 0 Å². The van der Waals surface area contributed by atoms with Crippen molar-refractivity contribution in [3.63, 3.8) is 0 Å². The average Bonchev–Trinajstić information content (AvgIpc) is 3.08. The van der Waals surface area contributed by atoms with Gasteiger partial charge >= 0.3 is 0 Å². The minimum atomic E-state index is 0. The number of likely N-dealkylation sites (tertiary alicyclic amines) is 1. The lowest BCUT2D eigenvalue weighted by Gasteiger charge is -2.30. The zero-order valence-electron chi connectivity index (χ0n) is 15.7. The van der Waals surface area contributed by atoms with E-state index >= 15 is 0 Å². The molecule has 2 N–H and O–H groups in total. The Morgan fingerprint density at radius 1 is 1.19 bits per heavy atom. The molecule has 2 fully saturated rings. The van der Waals surface area contributed by atoms with E-state index in [0.717, 1.165) is 42.4 Å². The average molecular weight is 536 g/mol. The van der Waals surface area contributed by atoms with Gasteiger partial charge in [-0.25, -0.2) is 0 Å². The summed E-state index contributed by atoms with van der Waals surface area (Å²) in [5.74, 6) is 1.66. The maximum atomic E-state index is 4.42. The molecule has 2 aliphatic rings. The highest BCUT2D eigenvalue weighted by atomic mass is 127. The number of aliphatic imine (C=N–C) groups is 1. The molecule has 7 heteroatoms. The Morgan fingerprint density at radius 3 is 2.65 bits per heavy atom. The normalized spacial score (nSPS) is 24.3. The molecular formula is C19H31BrIN5. The van der Waals surface area contributed by atoms with Gasteiger partial charge in [-0.15, -0.1) is 24.0 Å². The van der Waals surface area contributed by atoms with Gasteiger partial charge in [-0.2, -0.15) is 0 Å². The number of halogens is 2. The summed E-state index contributed by atoms with van der Waals surface area (Å²) in [5.41, 5.74) is 1.29. The number of piperidine rings is 1. The van der Waals surface area contributed by atoms with Crippen LogP contribution in [0.25, 0.3) is 0 Å². The van der Waals surface area contributed by atoms with Crippen molar-refractivity contribution in [3.8, 4) is 0 Å². The van der Waals surface area contributed by atoms with E-state index in [1.165, 1.54) is 31.6 Å². The Bertz CT molecular complexity index is 580. The van der Waals surface area contributed by atoms with Crippen LogP contribution in [0.4, 0.5) is 5.69 Å². The van der Waals surface area contributed by atoms with Crippen molar-refractivity contribution < 1.29 is 0 Å². The summed E-state index contributed by atoms with van der Waals surface area (Å²) in [6.45, 7) is 5.54. The van der Waals surface area contributed by atoms with Crippen molar-refractivity contribution in [3.05, 3.63) is 28.7 Å². The van der Waals surface area contributed by atoms with Gasteiger partial charge < -0.3 is 20.4 Å². The number of nitrogens with zero attached hydrogens (tertiary/aromatic N) is 3. The highest BCUT2D eigenvalue weighted by molar-refractivity contribution is 14.0. The largest absolute Gasteiger partial charge is 0.369 e. The quantitative estimate of drug-likeness (QED) is 0.353. The van der Waals surface area contributed by atoms with Crippen LogP contribution in [0, 0.1) is 5.92 Å². The Labute approximate surface area is 183 Å². The first-order valence-corrected chi connectivity index (χ1v) is 10.1. The van der Waals surface area contributed by atoms with Gasteiger partial charge in [-0.3, -0.25) is 4.99 Å². The van der Waals surface area contributed by atoms with Crippen LogP contribution >= 0.6 is 39.9 Å². The number of guanidine groups is 1. The molecule has 0 bridgehead atoms. The summed E-state index contributed by atoms with van der Waals surface area (Å²) in [5, 5.41) is 7.14. The van der Waals surface area contributed by atoms with Crippen molar-refractivity contribution in [2.45, 2.75) is 25.3 Å². The molecule has 1 aromatic rings. The molecule has 0 saturated carbocycles. The zero-order chi connectivity index (χ0) is 17.6. The second-order valence-electron chi connectivity index (χ2n) is 7.28. The molecule has 0 radical (unpaired) electrons. The van der Waals surface area contributed by atoms with Crippen LogP contribution in [-0.2, 0) is 0 Å². The summed E-state index contributed by atoms with van der Waals surface area (Å²) in [6.07, 6.45) is 3.76. The monoisotopic (exact) mass is 535 g/mol. The molecule has 0 amide bonds. The number of anilines is 1. The van der Waals surface area contributed by atoms with Crippen molar-refractivity contribution in [1.82, 2.24) is 15.5 Å². The maximum absolute atomic E-state index is 4.42. The molecule has 5 nitrogen and oxygen atoms in total. The van der Waals surface area contributed by atoms with Crippen molar-refractivity contribution in [2.24, 2.45) is 10.9 Å². The van der Waals surface area contributed by atoms with E-state index in [4.69, 9.17) is 0 Å². The first kappa shape index (κ1) is 21.8. The molecule has 0 aromatic heterocycles. The number of benzene rings is 1. The molecule has 1 aromatic carbocycles. The maximum Gasteiger partial charge on any atom is 0.191 e. The Hall–Kier alpha value is -0.540. The highest BCUT2D eigenvalue weighted by Crippen LogP contribution is 2.22. The molecule has 2 aliphatic heterocycles. The smallest absolute Gasteiger partial charge is 0.191 e. The van der Waals surface area contributed by atoms with Gasteiger partial charge in [0.2, 0.25) is 0 Å². The number of hydrogen-bond acceptors (Lipinski definition) is 3. The first-order chi connectivity index (χ1) is 12.1. The van der Waals surface area contributed by atoms with E-state index < -0.39 is 0 Å². The zero-order valence-corrected chi connectivity index (χ0v) is 19.7. The lowest BCUT2D eigenvalue weighted by molar-refractivity contribution is 0.210. The van der Waals surface area contributed by atoms with E-state index in [-0.39, 0.29) is 24.0 Å². The first-order valence-electron chi connectivity index (χ1n) is 9.30. The summed E-state index contributed by atoms with van der Waals surface area (Å²) in [6, 6.07) is 9.03.